The molecule has 2 N–H and O–H groups in total. The van der Waals surface area contributed by atoms with Gasteiger partial charge < -0.3 is 10.2 Å². The maximum absolute atomic E-state index is 6.08. The van der Waals surface area contributed by atoms with E-state index in [2.05, 4.69) is 17.0 Å². The zero-order valence-corrected chi connectivity index (χ0v) is 10.6. The fourth-order valence-electron chi connectivity index (χ4n) is 2.73. The van der Waals surface area contributed by atoms with Gasteiger partial charge in [0.1, 0.15) is 11.3 Å². The number of fused-ring (bicyclic) bond motifs is 1. The van der Waals surface area contributed by atoms with Crippen LogP contribution in [0.1, 0.15) is 25.0 Å². The quantitative estimate of drug-likeness (QED) is 0.883. The highest BCUT2D eigenvalue weighted by Crippen LogP contribution is 2.21. The molecule has 2 heterocycles. The Morgan fingerprint density at radius 2 is 2.17 bits per heavy atom. The van der Waals surface area contributed by atoms with Gasteiger partial charge in [0.25, 0.3) is 0 Å². The summed E-state index contributed by atoms with van der Waals surface area (Å²) in [6.07, 6.45) is 3.64. The lowest BCUT2D eigenvalue weighted by atomic mass is 10.2. The van der Waals surface area contributed by atoms with E-state index in [9.17, 15) is 0 Å². The zero-order valence-electron chi connectivity index (χ0n) is 10.6. The molecule has 1 fully saturated rings. The number of hydrogen-bond donors (Lipinski definition) is 1. The van der Waals surface area contributed by atoms with Gasteiger partial charge in [0.2, 0.25) is 0 Å². The molecule has 0 bridgehead atoms. The van der Waals surface area contributed by atoms with E-state index in [1.165, 1.54) is 18.2 Å². The van der Waals surface area contributed by atoms with Gasteiger partial charge in [0.15, 0.2) is 0 Å². The lowest BCUT2D eigenvalue weighted by molar-refractivity contribution is 0.246. The van der Waals surface area contributed by atoms with E-state index < -0.39 is 0 Å². The number of rotatable bonds is 2. The highest BCUT2D eigenvalue weighted by molar-refractivity contribution is 5.77. The number of benzene rings is 1. The summed E-state index contributed by atoms with van der Waals surface area (Å²) < 4.78 is 5.86. The molecule has 2 aromatic rings. The van der Waals surface area contributed by atoms with Crippen molar-refractivity contribution in [2.45, 2.75) is 31.8 Å². The Labute approximate surface area is 108 Å². The molecule has 1 saturated heterocycles. The highest BCUT2D eigenvalue weighted by Gasteiger charge is 2.16. The second-order valence-electron chi connectivity index (χ2n) is 5.24. The van der Waals surface area contributed by atoms with Crippen molar-refractivity contribution in [3.63, 3.8) is 0 Å². The van der Waals surface area contributed by atoms with Gasteiger partial charge in [-0.05, 0) is 31.5 Å². The summed E-state index contributed by atoms with van der Waals surface area (Å²) in [4.78, 5) is 2.41. The molecule has 0 unspecified atom stereocenters. The van der Waals surface area contributed by atoms with E-state index in [4.69, 9.17) is 10.2 Å². The minimum Gasteiger partial charge on any atom is -0.460 e. The third kappa shape index (κ3) is 2.57. The smallest absolute Gasteiger partial charge is 0.134 e. The molecule has 1 aromatic heterocycles. The molecule has 1 aliphatic rings. The normalized spacial score (nSPS) is 22.2. The Balaban J connectivity index is 1.74. The SMILES string of the molecule is N[C@@H]1CCCCN(Cc2cc3ccccc3o2)C1. The van der Waals surface area contributed by atoms with Crippen LogP contribution in [0.5, 0.6) is 0 Å². The molecule has 1 atom stereocenters. The van der Waals surface area contributed by atoms with E-state index >= 15 is 0 Å². The molecule has 1 aliphatic heterocycles. The van der Waals surface area contributed by atoms with Crippen molar-refractivity contribution in [2.24, 2.45) is 5.73 Å². The Morgan fingerprint density at radius 3 is 3.06 bits per heavy atom. The van der Waals surface area contributed by atoms with Crippen molar-refractivity contribution in [1.29, 1.82) is 0 Å². The molecular formula is C15H20N2O. The Bertz CT molecular complexity index is 487. The summed E-state index contributed by atoms with van der Waals surface area (Å²) in [5.74, 6) is 1.05. The number of nitrogens with zero attached hydrogens (tertiary/aromatic N) is 1. The molecule has 0 amide bonds. The topological polar surface area (TPSA) is 42.4 Å². The first-order valence-electron chi connectivity index (χ1n) is 6.77. The van der Waals surface area contributed by atoms with E-state index in [0.29, 0.717) is 6.04 Å². The number of hydrogen-bond acceptors (Lipinski definition) is 3. The van der Waals surface area contributed by atoms with Crippen LogP contribution in [0.3, 0.4) is 0 Å². The molecule has 3 nitrogen and oxygen atoms in total. The van der Waals surface area contributed by atoms with Crippen LogP contribution in [0.15, 0.2) is 34.7 Å². The first-order valence-corrected chi connectivity index (χ1v) is 6.77. The van der Waals surface area contributed by atoms with Gasteiger partial charge >= 0.3 is 0 Å². The summed E-state index contributed by atoms with van der Waals surface area (Å²) in [5.41, 5.74) is 7.06. The van der Waals surface area contributed by atoms with Crippen LogP contribution in [-0.4, -0.2) is 24.0 Å². The van der Waals surface area contributed by atoms with Crippen molar-refractivity contribution in [3.05, 3.63) is 36.1 Å². The van der Waals surface area contributed by atoms with E-state index in [1.54, 1.807) is 0 Å². The van der Waals surface area contributed by atoms with Crippen molar-refractivity contribution >= 4 is 11.0 Å². The summed E-state index contributed by atoms with van der Waals surface area (Å²) in [6, 6.07) is 10.6. The lowest BCUT2D eigenvalue weighted by Gasteiger charge is -2.20. The molecule has 1 aromatic carbocycles. The molecule has 18 heavy (non-hydrogen) atoms. The second-order valence-corrected chi connectivity index (χ2v) is 5.24. The predicted molar refractivity (Wildman–Crippen MR) is 73.3 cm³/mol. The third-order valence-corrected chi connectivity index (χ3v) is 3.65. The van der Waals surface area contributed by atoms with Gasteiger partial charge in [-0.1, -0.05) is 24.6 Å². The van der Waals surface area contributed by atoms with Crippen LogP contribution < -0.4 is 5.73 Å². The molecule has 3 heteroatoms. The van der Waals surface area contributed by atoms with Crippen LogP contribution in [-0.2, 0) is 6.54 Å². The van der Waals surface area contributed by atoms with Gasteiger partial charge in [-0.2, -0.15) is 0 Å². The third-order valence-electron chi connectivity index (χ3n) is 3.65. The standard InChI is InChI=1S/C15H20N2O/c16-13-6-3-4-8-17(10-13)11-14-9-12-5-1-2-7-15(12)18-14/h1-2,5,7,9,13H,3-4,6,8,10-11,16H2/t13-/m1/s1. The fourth-order valence-corrected chi connectivity index (χ4v) is 2.73. The van der Waals surface area contributed by atoms with Crippen LogP contribution in [0, 0.1) is 0 Å². The largest absolute Gasteiger partial charge is 0.460 e. The summed E-state index contributed by atoms with van der Waals surface area (Å²) in [5, 5.41) is 1.19. The lowest BCUT2D eigenvalue weighted by Crippen LogP contribution is -2.35. The van der Waals surface area contributed by atoms with Gasteiger partial charge in [-0.15, -0.1) is 0 Å². The number of likely N-dealkylation sites (tertiary alicyclic amines) is 1. The second kappa shape index (κ2) is 5.12. The summed E-state index contributed by atoms with van der Waals surface area (Å²) in [6.45, 7) is 2.99. The van der Waals surface area contributed by atoms with Crippen molar-refractivity contribution < 1.29 is 4.42 Å². The maximum atomic E-state index is 6.08. The predicted octanol–water partition coefficient (Wildman–Crippen LogP) is 2.75. The van der Waals surface area contributed by atoms with Gasteiger partial charge in [0, 0.05) is 18.0 Å². The van der Waals surface area contributed by atoms with Crippen LogP contribution in [0.2, 0.25) is 0 Å². The molecular weight excluding hydrogens is 224 g/mol. The monoisotopic (exact) mass is 244 g/mol. The minimum atomic E-state index is 0.317. The molecule has 0 saturated carbocycles. The Kier molecular flexibility index (Phi) is 3.35. The van der Waals surface area contributed by atoms with E-state index in [-0.39, 0.29) is 0 Å². The average molecular weight is 244 g/mol. The summed E-state index contributed by atoms with van der Waals surface area (Å²) in [7, 11) is 0. The van der Waals surface area contributed by atoms with Crippen molar-refractivity contribution in [1.82, 2.24) is 4.90 Å². The van der Waals surface area contributed by atoms with Gasteiger partial charge in [0.05, 0.1) is 6.54 Å². The van der Waals surface area contributed by atoms with Crippen molar-refractivity contribution in [2.75, 3.05) is 13.1 Å². The number of nitrogens with two attached hydrogens (primary N) is 1. The van der Waals surface area contributed by atoms with E-state index in [0.717, 1.165) is 37.4 Å². The highest BCUT2D eigenvalue weighted by atomic mass is 16.3. The Hall–Kier alpha value is -1.32. The fraction of sp³-hybridized carbons (Fsp3) is 0.467. The first kappa shape index (κ1) is 11.8. The van der Waals surface area contributed by atoms with Gasteiger partial charge in [-0.3, -0.25) is 4.90 Å². The zero-order chi connectivity index (χ0) is 12.4. The number of furan rings is 1. The van der Waals surface area contributed by atoms with Crippen LogP contribution in [0.4, 0.5) is 0 Å². The molecule has 96 valence electrons. The average Bonchev–Trinajstić information content (AvgIpc) is 2.65. The number of para-hydroxylation sites is 1. The van der Waals surface area contributed by atoms with Gasteiger partial charge in [-0.25, -0.2) is 0 Å². The molecule has 3 rings (SSSR count). The van der Waals surface area contributed by atoms with Crippen molar-refractivity contribution in [3.8, 4) is 0 Å². The summed E-state index contributed by atoms with van der Waals surface area (Å²) >= 11 is 0. The molecule has 0 spiro atoms. The minimum absolute atomic E-state index is 0.317. The van der Waals surface area contributed by atoms with Crippen LogP contribution >= 0.6 is 0 Å². The maximum Gasteiger partial charge on any atom is 0.134 e. The molecule has 0 aliphatic carbocycles. The molecule has 0 radical (unpaired) electrons. The Morgan fingerprint density at radius 1 is 1.28 bits per heavy atom. The van der Waals surface area contributed by atoms with Crippen LogP contribution in [0.25, 0.3) is 11.0 Å². The van der Waals surface area contributed by atoms with E-state index in [1.807, 2.05) is 18.2 Å². The first-order chi connectivity index (χ1) is 8.81.